The monoisotopic (exact) mass is 747 g/mol. The fourth-order valence-electron chi connectivity index (χ4n) is 10.4. The molecule has 1 amide bonds. The Labute approximate surface area is 317 Å². The van der Waals surface area contributed by atoms with Crippen LogP contribution in [0.4, 0.5) is 0 Å². The van der Waals surface area contributed by atoms with Crippen molar-refractivity contribution in [2.24, 2.45) is 57.8 Å². The van der Waals surface area contributed by atoms with Gasteiger partial charge >= 0.3 is 0 Å². The second kappa shape index (κ2) is 18.4. The molecule has 4 rings (SSSR count). The minimum Gasteiger partial charge on any atom is -0.343 e. The number of amides is 1. The van der Waals surface area contributed by atoms with Crippen LogP contribution in [0, 0.1) is 46.3 Å². The summed E-state index contributed by atoms with van der Waals surface area (Å²) in [6, 6.07) is 0. The molecule has 0 aromatic carbocycles. The summed E-state index contributed by atoms with van der Waals surface area (Å²) in [6.07, 6.45) is 20.3. The fourth-order valence-corrected chi connectivity index (χ4v) is 13.0. The van der Waals surface area contributed by atoms with E-state index in [4.69, 9.17) is 11.5 Å². The third-order valence-corrected chi connectivity index (χ3v) is 16.2. The molecule has 8 atom stereocenters. The molecule has 3 saturated carbocycles. The van der Waals surface area contributed by atoms with Crippen LogP contribution in [0.2, 0.25) is 0 Å². The summed E-state index contributed by atoms with van der Waals surface area (Å²) < 4.78 is 0. The van der Waals surface area contributed by atoms with Gasteiger partial charge in [-0.25, -0.2) is 0 Å². The van der Waals surface area contributed by atoms with Crippen molar-refractivity contribution in [3.63, 3.8) is 0 Å². The largest absolute Gasteiger partial charge is 0.343 e. The highest BCUT2D eigenvalue weighted by Crippen LogP contribution is 2.67. The van der Waals surface area contributed by atoms with Crippen molar-refractivity contribution < 1.29 is 4.79 Å². The normalized spacial score (nSPS) is 32.2. The van der Waals surface area contributed by atoms with Crippen molar-refractivity contribution in [2.75, 3.05) is 18.8 Å². The summed E-state index contributed by atoms with van der Waals surface area (Å²) in [6.45, 7) is 22.3. The lowest BCUT2D eigenvalue weighted by Gasteiger charge is -2.58. The van der Waals surface area contributed by atoms with Gasteiger partial charge in [0, 0.05) is 41.6 Å². The third kappa shape index (κ3) is 11.5. The van der Waals surface area contributed by atoms with Crippen LogP contribution in [0.5, 0.6) is 0 Å². The van der Waals surface area contributed by atoms with Crippen LogP contribution in [-0.4, -0.2) is 46.0 Å². The molecule has 0 aromatic rings. The van der Waals surface area contributed by atoms with Gasteiger partial charge in [0.2, 0.25) is 5.91 Å². The van der Waals surface area contributed by atoms with E-state index in [0.717, 1.165) is 54.1 Å². The Bertz CT molecular complexity index is 1020. The summed E-state index contributed by atoms with van der Waals surface area (Å²) in [7, 11) is 3.99. The highest BCUT2D eigenvalue weighted by atomic mass is 35.5. The van der Waals surface area contributed by atoms with Crippen LogP contribution < -0.4 is 11.5 Å². The predicted octanol–water partition coefficient (Wildman–Crippen LogP) is 11.1. The first kappa shape index (κ1) is 44.6. The van der Waals surface area contributed by atoms with Crippen molar-refractivity contribution in [2.45, 2.75) is 169 Å². The van der Waals surface area contributed by atoms with Crippen molar-refractivity contribution in [3.8, 4) is 0 Å². The average Bonchev–Trinajstić information content (AvgIpc) is 3.31. The molecule has 3 fully saturated rings. The van der Waals surface area contributed by atoms with Gasteiger partial charge in [0.05, 0.1) is 0 Å². The highest BCUT2D eigenvalue weighted by molar-refractivity contribution is 8.76. The molecule has 4 nitrogen and oxygen atoms in total. The lowest BCUT2D eigenvalue weighted by atomic mass is 9.47. The Morgan fingerprint density at radius 3 is 2.19 bits per heavy atom. The van der Waals surface area contributed by atoms with Crippen molar-refractivity contribution in [1.82, 2.24) is 4.90 Å². The van der Waals surface area contributed by atoms with E-state index in [9.17, 15) is 4.79 Å². The Hall–Kier alpha value is 0.410. The molecule has 4 N–H and O–H groups in total. The first-order valence-corrected chi connectivity index (χ1v) is 21.6. The SMILES string of the molecule is CC(C)CCC[C@@H](C)[C@H]1CC[C@H]2[C@@H]3CC=C4C[C@@H](SSCCC(=O)N(CCC(C)(C)N)CCC(C)(C)N)CC[C@]4(C)[C@H]3CC[C@]12C.Cl.Cl. The Morgan fingerprint density at radius 2 is 1.58 bits per heavy atom. The molecule has 0 aliphatic heterocycles. The molecule has 8 heteroatoms. The zero-order valence-electron chi connectivity index (χ0n) is 32.3. The average molecular weight is 749 g/mol. The Morgan fingerprint density at radius 1 is 0.938 bits per heavy atom. The van der Waals surface area contributed by atoms with Gasteiger partial charge in [-0.05, 0) is 138 Å². The van der Waals surface area contributed by atoms with E-state index in [1.54, 1.807) is 5.57 Å². The quantitative estimate of drug-likeness (QED) is 0.0934. The topological polar surface area (TPSA) is 72.3 Å². The lowest BCUT2D eigenvalue weighted by molar-refractivity contribution is -0.131. The van der Waals surface area contributed by atoms with Gasteiger partial charge in [0.25, 0.3) is 0 Å². The molecule has 0 heterocycles. The lowest BCUT2D eigenvalue weighted by Crippen LogP contribution is -2.50. The number of rotatable bonds is 16. The fraction of sp³-hybridized carbons (Fsp3) is 0.925. The molecule has 0 spiro atoms. The molecule has 0 bridgehead atoms. The van der Waals surface area contributed by atoms with E-state index in [1.807, 2.05) is 43.4 Å². The van der Waals surface area contributed by atoms with E-state index < -0.39 is 0 Å². The van der Waals surface area contributed by atoms with Crippen molar-refractivity contribution in [3.05, 3.63) is 11.6 Å². The molecule has 282 valence electrons. The third-order valence-electron chi connectivity index (χ3n) is 13.3. The second-order valence-electron chi connectivity index (χ2n) is 18.7. The van der Waals surface area contributed by atoms with Gasteiger partial charge in [0.15, 0.2) is 0 Å². The molecule has 4 aliphatic rings. The van der Waals surface area contributed by atoms with Crippen LogP contribution >= 0.6 is 46.4 Å². The van der Waals surface area contributed by atoms with Gasteiger partial charge in [-0.3, -0.25) is 4.79 Å². The standard InChI is InChI=1S/C40H73N3OS2.2ClH/c1-28(2)11-10-12-29(3)33-15-16-34-32-14-13-30-27-31(17-20-39(30,8)35(32)18-21-40(33,34)9)46-45-26-19-36(44)43(24-22-37(4,5)41)25-23-38(6,7)42;;/h13,28-29,31-35H,10-12,14-27,41-42H2,1-9H3;2*1H/t29-,31+,32+,33-,34+,35+,39+,40-;;/m1../s1. The molecular formula is C40H75Cl2N3OS2. The van der Waals surface area contributed by atoms with Gasteiger partial charge in [-0.2, -0.15) is 0 Å². The minimum atomic E-state index is -0.271. The number of allylic oxidation sites excluding steroid dienone is 2. The van der Waals surface area contributed by atoms with Crippen LogP contribution in [0.3, 0.4) is 0 Å². The van der Waals surface area contributed by atoms with Crippen LogP contribution in [0.25, 0.3) is 0 Å². The number of hydrogen-bond donors (Lipinski definition) is 2. The number of nitrogens with zero attached hydrogens (tertiary/aromatic N) is 1. The van der Waals surface area contributed by atoms with Gasteiger partial charge in [-0.1, -0.05) is 87.1 Å². The Kier molecular flexibility index (Phi) is 17.1. The maximum Gasteiger partial charge on any atom is 0.223 e. The summed E-state index contributed by atoms with van der Waals surface area (Å²) in [4.78, 5) is 15.2. The minimum absolute atomic E-state index is 0. The molecular weight excluding hydrogens is 674 g/mol. The smallest absolute Gasteiger partial charge is 0.223 e. The number of carbonyl (C=O) groups excluding carboxylic acids is 1. The van der Waals surface area contributed by atoms with E-state index in [2.05, 4.69) is 51.5 Å². The zero-order chi connectivity index (χ0) is 33.9. The predicted molar refractivity (Wildman–Crippen MR) is 218 cm³/mol. The second-order valence-corrected chi connectivity index (χ2v) is 21.5. The molecule has 0 unspecified atom stereocenters. The molecule has 48 heavy (non-hydrogen) atoms. The highest BCUT2D eigenvalue weighted by Gasteiger charge is 2.59. The van der Waals surface area contributed by atoms with E-state index >= 15 is 0 Å². The van der Waals surface area contributed by atoms with Crippen LogP contribution in [-0.2, 0) is 4.79 Å². The number of carbonyl (C=O) groups is 1. The number of nitrogens with two attached hydrogens (primary N) is 2. The van der Waals surface area contributed by atoms with Gasteiger partial charge in [-0.15, -0.1) is 24.8 Å². The summed E-state index contributed by atoms with van der Waals surface area (Å²) in [5.74, 6) is 6.52. The molecule has 0 aromatic heterocycles. The molecule has 0 radical (unpaired) electrons. The summed E-state index contributed by atoms with van der Waals surface area (Å²) in [5.41, 5.74) is 14.7. The maximum absolute atomic E-state index is 13.2. The first-order chi connectivity index (χ1) is 21.4. The number of hydrogen-bond acceptors (Lipinski definition) is 5. The summed E-state index contributed by atoms with van der Waals surface area (Å²) >= 11 is 0. The first-order valence-electron chi connectivity index (χ1n) is 19.3. The van der Waals surface area contributed by atoms with Gasteiger partial charge in [0.1, 0.15) is 0 Å². The van der Waals surface area contributed by atoms with Crippen LogP contribution in [0.15, 0.2) is 11.6 Å². The van der Waals surface area contributed by atoms with Crippen LogP contribution in [0.1, 0.15) is 152 Å². The zero-order valence-corrected chi connectivity index (χ0v) is 35.5. The Balaban J connectivity index is 0.00000400. The van der Waals surface area contributed by atoms with E-state index in [1.165, 1.54) is 70.6 Å². The molecule has 0 saturated heterocycles. The van der Waals surface area contributed by atoms with E-state index in [-0.39, 0.29) is 41.8 Å². The van der Waals surface area contributed by atoms with Gasteiger partial charge < -0.3 is 16.4 Å². The number of halogens is 2. The maximum atomic E-state index is 13.2. The van der Waals surface area contributed by atoms with Crippen molar-refractivity contribution >= 4 is 52.3 Å². The summed E-state index contributed by atoms with van der Waals surface area (Å²) in [5, 5.41) is 0.680. The van der Waals surface area contributed by atoms with Crippen molar-refractivity contribution in [1.29, 1.82) is 0 Å². The molecule has 4 aliphatic carbocycles. The van der Waals surface area contributed by atoms with E-state index in [0.29, 0.717) is 35.6 Å². The number of fused-ring (bicyclic) bond motifs is 5.